The van der Waals surface area contributed by atoms with Crippen molar-refractivity contribution in [1.82, 2.24) is 4.90 Å². The van der Waals surface area contributed by atoms with Crippen LogP contribution in [0.2, 0.25) is 0 Å². The Labute approximate surface area is 160 Å². The first-order valence-corrected chi connectivity index (χ1v) is 9.36. The number of allylic oxidation sites excluding steroid dienone is 2. The first kappa shape index (κ1) is 19.0. The van der Waals surface area contributed by atoms with Crippen LogP contribution in [0.3, 0.4) is 0 Å². The number of ether oxygens (including phenoxy) is 2. The molecule has 1 aromatic carbocycles. The third-order valence-corrected chi connectivity index (χ3v) is 5.80. The topological polar surface area (TPSA) is 64.8 Å². The van der Waals surface area contributed by atoms with Crippen molar-refractivity contribution in [2.45, 2.75) is 37.1 Å². The van der Waals surface area contributed by atoms with E-state index >= 15 is 0 Å². The number of nitrogens with zero attached hydrogens (tertiary/aromatic N) is 2. The van der Waals surface area contributed by atoms with Crippen molar-refractivity contribution in [1.29, 1.82) is 0 Å². The van der Waals surface area contributed by atoms with Gasteiger partial charge in [0.1, 0.15) is 5.75 Å². The number of hydrogen-bond donors (Lipinski definition) is 0. The van der Waals surface area contributed by atoms with E-state index in [2.05, 4.69) is 4.90 Å². The van der Waals surface area contributed by atoms with Gasteiger partial charge in [-0.1, -0.05) is 24.3 Å². The molecule has 152 valence electrons. The van der Waals surface area contributed by atoms with E-state index in [1.807, 2.05) is 6.08 Å². The molecule has 0 amide bonds. The molecule has 4 atom stereocenters. The summed E-state index contributed by atoms with van der Waals surface area (Å²) in [5, 5.41) is 11.8. The number of benzene rings is 1. The molecule has 0 aromatic heterocycles. The molecule has 1 aromatic rings. The number of para-hydroxylation sites is 1. The Morgan fingerprint density at radius 1 is 1.18 bits per heavy atom. The van der Waals surface area contributed by atoms with Crippen molar-refractivity contribution in [3.63, 3.8) is 0 Å². The first-order chi connectivity index (χ1) is 13.4. The fourth-order valence-corrected chi connectivity index (χ4v) is 4.66. The van der Waals surface area contributed by atoms with Gasteiger partial charge in [0, 0.05) is 35.2 Å². The lowest BCUT2D eigenvalue weighted by atomic mass is 9.75. The molecule has 0 N–H and O–H groups in total. The Morgan fingerprint density at radius 2 is 1.89 bits per heavy atom. The van der Waals surface area contributed by atoms with Crippen LogP contribution in [0.1, 0.15) is 24.3 Å². The molecule has 6 nitrogen and oxygen atoms in total. The SMILES string of the molecule is O=[N+]([O-])[C@H]1[C@H]([C@@H]2CCC=C2N2CCOCC2)c2ccccc2O[C@@H]1C(F)(F)F. The maximum absolute atomic E-state index is 13.7. The normalized spacial score (nSPS) is 30.4. The quantitative estimate of drug-likeness (QED) is 0.577. The minimum Gasteiger partial charge on any atom is -0.473 e. The van der Waals surface area contributed by atoms with E-state index < -0.39 is 29.2 Å². The minimum absolute atomic E-state index is 0.0844. The number of morpholine rings is 1. The maximum atomic E-state index is 13.7. The zero-order valence-corrected chi connectivity index (χ0v) is 15.1. The third kappa shape index (κ3) is 3.32. The van der Waals surface area contributed by atoms with Gasteiger partial charge in [-0.25, -0.2) is 0 Å². The summed E-state index contributed by atoms with van der Waals surface area (Å²) < 4.78 is 51.6. The molecule has 9 heteroatoms. The number of rotatable bonds is 3. The Bertz CT molecular complexity index is 777. The summed E-state index contributed by atoms with van der Waals surface area (Å²) in [5.41, 5.74) is 1.38. The summed E-state index contributed by atoms with van der Waals surface area (Å²) in [6.07, 6.45) is -4.01. The van der Waals surface area contributed by atoms with Gasteiger partial charge in [0.15, 0.2) is 0 Å². The van der Waals surface area contributed by atoms with Crippen molar-refractivity contribution in [3.8, 4) is 5.75 Å². The van der Waals surface area contributed by atoms with Crippen LogP contribution < -0.4 is 4.74 Å². The van der Waals surface area contributed by atoms with E-state index in [0.29, 0.717) is 44.7 Å². The van der Waals surface area contributed by atoms with Crippen molar-refractivity contribution in [2.75, 3.05) is 26.3 Å². The zero-order valence-electron chi connectivity index (χ0n) is 15.1. The van der Waals surface area contributed by atoms with Gasteiger partial charge < -0.3 is 14.4 Å². The highest BCUT2D eigenvalue weighted by Gasteiger charge is 2.61. The van der Waals surface area contributed by atoms with E-state index in [9.17, 15) is 23.3 Å². The van der Waals surface area contributed by atoms with Crippen molar-refractivity contribution in [2.24, 2.45) is 5.92 Å². The van der Waals surface area contributed by atoms with Crippen LogP contribution in [0.5, 0.6) is 5.75 Å². The van der Waals surface area contributed by atoms with Crippen molar-refractivity contribution in [3.05, 3.63) is 51.7 Å². The number of nitro groups is 1. The van der Waals surface area contributed by atoms with Crippen LogP contribution in [0.15, 0.2) is 36.0 Å². The molecule has 0 saturated carbocycles. The first-order valence-electron chi connectivity index (χ1n) is 9.36. The summed E-state index contributed by atoms with van der Waals surface area (Å²) in [6.45, 7) is 2.36. The van der Waals surface area contributed by atoms with Crippen LogP contribution in [-0.4, -0.2) is 54.4 Å². The average molecular weight is 398 g/mol. The lowest BCUT2D eigenvalue weighted by molar-refractivity contribution is -0.550. The molecular weight excluding hydrogens is 377 g/mol. The highest BCUT2D eigenvalue weighted by Crippen LogP contribution is 2.50. The average Bonchev–Trinajstić information content (AvgIpc) is 3.15. The maximum Gasteiger partial charge on any atom is 0.432 e. The number of hydrogen-bond acceptors (Lipinski definition) is 5. The van der Waals surface area contributed by atoms with Gasteiger partial charge in [-0.15, -0.1) is 0 Å². The molecule has 1 saturated heterocycles. The van der Waals surface area contributed by atoms with Gasteiger partial charge in [0.05, 0.1) is 19.1 Å². The lowest BCUT2D eigenvalue weighted by Gasteiger charge is -2.41. The Balaban J connectivity index is 1.77. The van der Waals surface area contributed by atoms with Gasteiger partial charge in [-0.2, -0.15) is 13.2 Å². The second kappa shape index (κ2) is 7.27. The fraction of sp³-hybridized carbons (Fsp3) is 0.579. The molecule has 1 fully saturated rings. The van der Waals surface area contributed by atoms with E-state index in [4.69, 9.17) is 9.47 Å². The minimum atomic E-state index is -4.83. The molecule has 0 bridgehead atoms. The van der Waals surface area contributed by atoms with E-state index in [0.717, 1.165) is 5.70 Å². The van der Waals surface area contributed by atoms with Crippen molar-refractivity contribution < 1.29 is 27.6 Å². The molecule has 0 spiro atoms. The Hall–Kier alpha value is -2.29. The van der Waals surface area contributed by atoms with Crippen LogP contribution >= 0.6 is 0 Å². The standard InChI is InChI=1S/C19H21F3N2O4/c20-19(21,22)18-17(24(25)26)16(13-4-1-2-7-15(13)28-18)12-5-3-6-14(12)23-8-10-27-11-9-23/h1-2,4,6-7,12,16-18H,3,5,8-11H2/t12-,16-,17+,18+/m1/s1. The molecule has 3 aliphatic rings. The molecule has 28 heavy (non-hydrogen) atoms. The van der Waals surface area contributed by atoms with E-state index in [1.165, 1.54) is 6.07 Å². The molecule has 0 radical (unpaired) electrons. The number of halogens is 3. The second-order valence-corrected chi connectivity index (χ2v) is 7.33. The van der Waals surface area contributed by atoms with Gasteiger partial charge in [0.25, 0.3) is 12.1 Å². The van der Waals surface area contributed by atoms with Crippen LogP contribution in [0, 0.1) is 16.0 Å². The van der Waals surface area contributed by atoms with Crippen LogP contribution in [0.25, 0.3) is 0 Å². The van der Waals surface area contributed by atoms with E-state index in [1.54, 1.807) is 18.2 Å². The van der Waals surface area contributed by atoms with Crippen molar-refractivity contribution >= 4 is 0 Å². The lowest BCUT2D eigenvalue weighted by Crippen LogP contribution is -2.55. The fourth-order valence-electron chi connectivity index (χ4n) is 4.66. The Kier molecular flexibility index (Phi) is 4.95. The summed E-state index contributed by atoms with van der Waals surface area (Å²) in [5.74, 6) is -1.17. The van der Waals surface area contributed by atoms with Gasteiger partial charge in [-0.05, 0) is 18.9 Å². The molecule has 1 aliphatic carbocycles. The van der Waals surface area contributed by atoms with Crippen LogP contribution in [0.4, 0.5) is 13.2 Å². The Morgan fingerprint density at radius 3 is 2.57 bits per heavy atom. The second-order valence-electron chi connectivity index (χ2n) is 7.33. The smallest absolute Gasteiger partial charge is 0.432 e. The molecule has 2 heterocycles. The van der Waals surface area contributed by atoms with Crippen LogP contribution in [-0.2, 0) is 4.74 Å². The highest BCUT2D eigenvalue weighted by atomic mass is 19.4. The van der Waals surface area contributed by atoms with Gasteiger partial charge in [-0.3, -0.25) is 10.1 Å². The van der Waals surface area contributed by atoms with Gasteiger partial charge >= 0.3 is 6.18 Å². The summed E-state index contributed by atoms with van der Waals surface area (Å²) in [6, 6.07) is 4.50. The molecule has 2 aliphatic heterocycles. The predicted molar refractivity (Wildman–Crippen MR) is 93.6 cm³/mol. The summed E-state index contributed by atoms with van der Waals surface area (Å²) in [4.78, 5) is 13.1. The van der Waals surface area contributed by atoms with Gasteiger partial charge in [0.2, 0.25) is 0 Å². The van der Waals surface area contributed by atoms with E-state index in [-0.39, 0.29) is 11.7 Å². The molecule has 0 unspecified atom stereocenters. The summed E-state index contributed by atoms with van der Waals surface area (Å²) in [7, 11) is 0. The predicted octanol–water partition coefficient (Wildman–Crippen LogP) is 3.36. The number of alkyl halides is 3. The monoisotopic (exact) mass is 398 g/mol. The summed E-state index contributed by atoms with van der Waals surface area (Å²) >= 11 is 0. The third-order valence-electron chi connectivity index (χ3n) is 5.80. The zero-order chi connectivity index (χ0) is 19.9. The molecule has 4 rings (SSSR count). The molecular formula is C19H21F3N2O4. The highest BCUT2D eigenvalue weighted by molar-refractivity contribution is 5.42. The number of fused-ring (bicyclic) bond motifs is 1. The largest absolute Gasteiger partial charge is 0.473 e.